The second-order valence-electron chi connectivity index (χ2n) is 5.92. The van der Waals surface area contributed by atoms with Crippen molar-refractivity contribution >= 4 is 5.91 Å². The highest BCUT2D eigenvalue weighted by atomic mass is 16.1. The predicted molar refractivity (Wildman–Crippen MR) is 74.9 cm³/mol. The molecule has 0 bridgehead atoms. The van der Waals surface area contributed by atoms with E-state index in [1.807, 2.05) is 33.8 Å². The Morgan fingerprint density at radius 3 is 2.39 bits per heavy atom. The second-order valence-corrected chi connectivity index (χ2v) is 5.92. The summed E-state index contributed by atoms with van der Waals surface area (Å²) in [6.07, 6.45) is 0. The van der Waals surface area contributed by atoms with Crippen LogP contribution in [0.25, 0.3) is 0 Å². The van der Waals surface area contributed by atoms with Gasteiger partial charge in [-0.2, -0.15) is 0 Å². The van der Waals surface area contributed by atoms with E-state index in [0.717, 1.165) is 17.0 Å². The zero-order valence-electron chi connectivity index (χ0n) is 12.3. The standard InChI is InChI=1S/C14H25N3O/c1-9(2)17-10(3)7-12(11(17)4)13(18)16-8-14(5,6)15/h7,9H,8,15H2,1-6H3,(H,16,18). The molecular weight excluding hydrogens is 226 g/mol. The zero-order valence-corrected chi connectivity index (χ0v) is 12.3. The van der Waals surface area contributed by atoms with Gasteiger partial charge in [0.1, 0.15) is 0 Å². The first-order chi connectivity index (χ1) is 8.13. The molecule has 0 aliphatic rings. The number of amides is 1. The number of nitrogens with two attached hydrogens (primary N) is 1. The summed E-state index contributed by atoms with van der Waals surface area (Å²) < 4.78 is 2.17. The quantitative estimate of drug-likeness (QED) is 0.861. The van der Waals surface area contributed by atoms with Crippen LogP contribution < -0.4 is 11.1 Å². The Morgan fingerprint density at radius 1 is 1.44 bits per heavy atom. The van der Waals surface area contributed by atoms with Gasteiger partial charge in [0.15, 0.2) is 0 Å². The molecule has 4 heteroatoms. The van der Waals surface area contributed by atoms with E-state index in [0.29, 0.717) is 12.6 Å². The van der Waals surface area contributed by atoms with E-state index in [-0.39, 0.29) is 11.4 Å². The number of aromatic nitrogens is 1. The largest absolute Gasteiger partial charge is 0.350 e. The first kappa shape index (κ1) is 14.8. The number of hydrogen-bond donors (Lipinski definition) is 2. The summed E-state index contributed by atoms with van der Waals surface area (Å²) in [7, 11) is 0. The van der Waals surface area contributed by atoms with Gasteiger partial charge in [-0.05, 0) is 47.6 Å². The highest BCUT2D eigenvalue weighted by molar-refractivity contribution is 5.95. The fourth-order valence-electron chi connectivity index (χ4n) is 2.20. The molecule has 102 valence electrons. The molecule has 1 aromatic rings. The van der Waals surface area contributed by atoms with Crippen LogP contribution in [0.1, 0.15) is 55.5 Å². The molecule has 1 rings (SSSR count). The normalized spacial score (nSPS) is 12.0. The number of nitrogens with one attached hydrogen (secondary N) is 1. The van der Waals surface area contributed by atoms with Gasteiger partial charge in [-0.25, -0.2) is 0 Å². The van der Waals surface area contributed by atoms with Crippen molar-refractivity contribution in [3.63, 3.8) is 0 Å². The molecule has 3 N–H and O–H groups in total. The van der Waals surface area contributed by atoms with Crippen LogP contribution in [-0.4, -0.2) is 22.6 Å². The maximum atomic E-state index is 12.1. The van der Waals surface area contributed by atoms with E-state index >= 15 is 0 Å². The number of hydrogen-bond acceptors (Lipinski definition) is 2. The lowest BCUT2D eigenvalue weighted by Gasteiger charge is -2.19. The van der Waals surface area contributed by atoms with Crippen LogP contribution in [0.5, 0.6) is 0 Å². The molecule has 0 aliphatic heterocycles. The molecule has 18 heavy (non-hydrogen) atoms. The molecule has 0 atom stereocenters. The Morgan fingerprint density at radius 2 is 2.00 bits per heavy atom. The highest BCUT2D eigenvalue weighted by Gasteiger charge is 2.18. The van der Waals surface area contributed by atoms with Gasteiger partial charge in [0.25, 0.3) is 5.91 Å². The van der Waals surface area contributed by atoms with Crippen molar-refractivity contribution in [1.29, 1.82) is 0 Å². The van der Waals surface area contributed by atoms with Gasteiger partial charge < -0.3 is 15.6 Å². The van der Waals surface area contributed by atoms with Gasteiger partial charge >= 0.3 is 0 Å². The number of rotatable bonds is 4. The van der Waals surface area contributed by atoms with Crippen molar-refractivity contribution in [1.82, 2.24) is 9.88 Å². The Balaban J connectivity index is 2.91. The predicted octanol–water partition coefficient (Wildman–Crippen LogP) is 2.15. The van der Waals surface area contributed by atoms with E-state index in [4.69, 9.17) is 5.73 Å². The molecule has 0 aromatic carbocycles. The zero-order chi connectivity index (χ0) is 14.1. The van der Waals surface area contributed by atoms with E-state index in [9.17, 15) is 4.79 Å². The smallest absolute Gasteiger partial charge is 0.253 e. The van der Waals surface area contributed by atoms with Crippen LogP contribution in [0.2, 0.25) is 0 Å². The van der Waals surface area contributed by atoms with Crippen molar-refractivity contribution < 1.29 is 4.79 Å². The molecule has 4 nitrogen and oxygen atoms in total. The molecule has 1 amide bonds. The van der Waals surface area contributed by atoms with Crippen LogP contribution >= 0.6 is 0 Å². The lowest BCUT2D eigenvalue weighted by atomic mass is 10.1. The third-order valence-corrected chi connectivity index (χ3v) is 2.95. The summed E-state index contributed by atoms with van der Waals surface area (Å²) in [6, 6.07) is 2.30. The molecule has 0 saturated heterocycles. The van der Waals surface area contributed by atoms with Gasteiger partial charge in [0, 0.05) is 29.5 Å². The maximum Gasteiger partial charge on any atom is 0.253 e. The van der Waals surface area contributed by atoms with Gasteiger partial charge in [0.2, 0.25) is 0 Å². The third-order valence-electron chi connectivity index (χ3n) is 2.95. The Labute approximate surface area is 110 Å². The van der Waals surface area contributed by atoms with Crippen LogP contribution in [0.15, 0.2) is 6.07 Å². The Hall–Kier alpha value is -1.29. The van der Waals surface area contributed by atoms with Crippen LogP contribution in [0.3, 0.4) is 0 Å². The SMILES string of the molecule is Cc1cc(C(=O)NCC(C)(C)N)c(C)n1C(C)C. The van der Waals surface area contributed by atoms with Crippen molar-refractivity contribution in [2.24, 2.45) is 5.73 Å². The summed E-state index contributed by atoms with van der Waals surface area (Å²) in [4.78, 5) is 12.1. The second kappa shape index (κ2) is 5.14. The van der Waals surface area contributed by atoms with Gasteiger partial charge in [0.05, 0.1) is 5.56 Å². The van der Waals surface area contributed by atoms with Crippen molar-refractivity contribution in [2.45, 2.75) is 53.1 Å². The summed E-state index contributed by atoms with van der Waals surface area (Å²) in [6.45, 7) is 12.5. The highest BCUT2D eigenvalue weighted by Crippen LogP contribution is 2.19. The first-order valence-electron chi connectivity index (χ1n) is 6.39. The van der Waals surface area contributed by atoms with E-state index in [2.05, 4.69) is 23.7 Å². The minimum absolute atomic E-state index is 0.0477. The van der Waals surface area contributed by atoms with Gasteiger partial charge in [-0.3, -0.25) is 4.79 Å². The van der Waals surface area contributed by atoms with E-state index < -0.39 is 0 Å². The van der Waals surface area contributed by atoms with Gasteiger partial charge in [-0.15, -0.1) is 0 Å². The molecule has 0 radical (unpaired) electrons. The van der Waals surface area contributed by atoms with Gasteiger partial charge in [-0.1, -0.05) is 0 Å². The Bertz CT molecular complexity index is 439. The molecule has 0 spiro atoms. The van der Waals surface area contributed by atoms with Crippen molar-refractivity contribution in [3.8, 4) is 0 Å². The fourth-order valence-corrected chi connectivity index (χ4v) is 2.20. The first-order valence-corrected chi connectivity index (χ1v) is 6.39. The monoisotopic (exact) mass is 251 g/mol. The summed E-state index contributed by atoms with van der Waals surface area (Å²) in [5.74, 6) is -0.0477. The van der Waals surface area contributed by atoms with Crippen LogP contribution in [0, 0.1) is 13.8 Å². The molecule has 0 fully saturated rings. The number of aryl methyl sites for hydroxylation is 1. The summed E-state index contributed by atoms with van der Waals surface area (Å²) in [5.41, 5.74) is 8.33. The van der Waals surface area contributed by atoms with E-state index in [1.54, 1.807) is 0 Å². The van der Waals surface area contributed by atoms with Crippen molar-refractivity contribution in [3.05, 3.63) is 23.0 Å². The van der Waals surface area contributed by atoms with Crippen LogP contribution in [0.4, 0.5) is 0 Å². The van der Waals surface area contributed by atoms with E-state index in [1.165, 1.54) is 0 Å². The molecule has 0 aliphatic carbocycles. The number of carbonyl (C=O) groups is 1. The fraction of sp³-hybridized carbons (Fsp3) is 0.643. The Kier molecular flexibility index (Phi) is 4.22. The molecule has 1 heterocycles. The summed E-state index contributed by atoms with van der Waals surface area (Å²) in [5, 5.41) is 2.88. The lowest BCUT2D eigenvalue weighted by Crippen LogP contribution is -2.45. The maximum absolute atomic E-state index is 12.1. The molecule has 1 aromatic heterocycles. The molecular formula is C14H25N3O. The molecule has 0 saturated carbocycles. The lowest BCUT2D eigenvalue weighted by molar-refractivity contribution is 0.0945. The average Bonchev–Trinajstić information content (AvgIpc) is 2.49. The minimum Gasteiger partial charge on any atom is -0.350 e. The topological polar surface area (TPSA) is 60.1 Å². The number of carbonyl (C=O) groups excluding carboxylic acids is 1. The number of nitrogens with zero attached hydrogens (tertiary/aromatic N) is 1. The average molecular weight is 251 g/mol. The summed E-state index contributed by atoms with van der Waals surface area (Å²) >= 11 is 0. The van der Waals surface area contributed by atoms with Crippen LogP contribution in [-0.2, 0) is 0 Å². The molecule has 0 unspecified atom stereocenters. The van der Waals surface area contributed by atoms with Crippen molar-refractivity contribution in [2.75, 3.05) is 6.54 Å². The third kappa shape index (κ3) is 3.35. The minimum atomic E-state index is -0.390.